The summed E-state index contributed by atoms with van der Waals surface area (Å²) in [6, 6.07) is 0. The molecular weight excluding hydrogens is 174 g/mol. The molecule has 0 saturated carbocycles. The maximum absolute atomic E-state index is 11.4. The highest BCUT2D eigenvalue weighted by atomic mass is 32.2. The van der Waals surface area contributed by atoms with Crippen LogP contribution in [0.2, 0.25) is 0 Å². The van der Waals surface area contributed by atoms with Crippen molar-refractivity contribution in [1.29, 1.82) is 0 Å². The van der Waals surface area contributed by atoms with E-state index in [2.05, 4.69) is 5.32 Å². The molecule has 0 bridgehead atoms. The molecule has 1 rings (SSSR count). The molecule has 0 fully saturated rings. The minimum absolute atomic E-state index is 0.220. The molecule has 0 aromatic carbocycles. The van der Waals surface area contributed by atoms with Gasteiger partial charge in [0.2, 0.25) is 0 Å². The molecule has 0 spiro atoms. The third kappa shape index (κ3) is 2.32. The Morgan fingerprint density at radius 3 is 2.67 bits per heavy atom. The van der Waals surface area contributed by atoms with Gasteiger partial charge in [-0.15, -0.1) is 0 Å². The third-order valence-electron chi connectivity index (χ3n) is 1.99. The first-order valence-electron chi connectivity index (χ1n) is 4.12. The Morgan fingerprint density at radius 1 is 1.58 bits per heavy atom. The second kappa shape index (κ2) is 3.58. The van der Waals surface area contributed by atoms with Crippen LogP contribution in [0, 0.1) is 0 Å². The SMILES string of the molecule is CC(C)S(=O)(=O)CC1=CCNC1. The van der Waals surface area contributed by atoms with Gasteiger partial charge in [-0.1, -0.05) is 6.08 Å². The summed E-state index contributed by atoms with van der Waals surface area (Å²) >= 11 is 0. The van der Waals surface area contributed by atoms with Gasteiger partial charge in [-0.3, -0.25) is 0 Å². The molecule has 0 radical (unpaired) electrons. The monoisotopic (exact) mass is 189 g/mol. The van der Waals surface area contributed by atoms with Gasteiger partial charge >= 0.3 is 0 Å². The van der Waals surface area contributed by atoms with Gasteiger partial charge in [-0.2, -0.15) is 0 Å². The second-order valence-corrected chi connectivity index (χ2v) is 5.91. The summed E-state index contributed by atoms with van der Waals surface area (Å²) in [5.74, 6) is 0.220. The zero-order chi connectivity index (χ0) is 9.19. The lowest BCUT2D eigenvalue weighted by molar-refractivity contribution is 0.589. The molecule has 70 valence electrons. The van der Waals surface area contributed by atoms with E-state index in [0.29, 0.717) is 0 Å². The lowest BCUT2D eigenvalue weighted by atomic mass is 10.3. The first-order valence-corrected chi connectivity index (χ1v) is 5.84. The lowest BCUT2D eigenvalue weighted by Gasteiger charge is -2.07. The molecule has 0 atom stereocenters. The average molecular weight is 189 g/mol. The average Bonchev–Trinajstić information content (AvgIpc) is 2.38. The number of rotatable bonds is 3. The molecule has 1 N–H and O–H groups in total. The molecular formula is C8H15NO2S. The molecule has 12 heavy (non-hydrogen) atoms. The molecule has 3 nitrogen and oxygen atoms in total. The minimum Gasteiger partial charge on any atom is -0.310 e. The van der Waals surface area contributed by atoms with Crippen LogP contribution in [0.25, 0.3) is 0 Å². The van der Waals surface area contributed by atoms with E-state index in [0.717, 1.165) is 18.7 Å². The van der Waals surface area contributed by atoms with E-state index in [1.807, 2.05) is 6.08 Å². The van der Waals surface area contributed by atoms with Gasteiger partial charge in [-0.05, 0) is 19.4 Å². The minimum atomic E-state index is -2.89. The molecule has 0 amide bonds. The van der Waals surface area contributed by atoms with Crippen LogP contribution < -0.4 is 5.32 Å². The lowest BCUT2D eigenvalue weighted by Crippen LogP contribution is -2.20. The molecule has 1 aliphatic heterocycles. The predicted octanol–water partition coefficient (Wildman–Crippen LogP) is 0.339. The summed E-state index contributed by atoms with van der Waals surface area (Å²) < 4.78 is 22.8. The van der Waals surface area contributed by atoms with Crippen molar-refractivity contribution in [3.05, 3.63) is 11.6 Å². The van der Waals surface area contributed by atoms with Crippen LogP contribution in [0.15, 0.2) is 11.6 Å². The van der Waals surface area contributed by atoms with Crippen LogP contribution in [0.1, 0.15) is 13.8 Å². The fraction of sp³-hybridized carbons (Fsp3) is 0.750. The van der Waals surface area contributed by atoms with Crippen LogP contribution in [0.3, 0.4) is 0 Å². The smallest absolute Gasteiger partial charge is 0.156 e. The molecule has 4 heteroatoms. The van der Waals surface area contributed by atoms with Gasteiger partial charge in [-0.25, -0.2) is 8.42 Å². The Bertz CT molecular complexity index is 277. The maximum Gasteiger partial charge on any atom is 0.156 e. The van der Waals surface area contributed by atoms with Crippen LogP contribution in [-0.4, -0.2) is 32.5 Å². The molecule has 1 heterocycles. The Morgan fingerprint density at radius 2 is 2.25 bits per heavy atom. The fourth-order valence-electron chi connectivity index (χ4n) is 1.06. The zero-order valence-electron chi connectivity index (χ0n) is 7.50. The first kappa shape index (κ1) is 9.74. The van der Waals surface area contributed by atoms with Crippen molar-refractivity contribution in [2.75, 3.05) is 18.8 Å². The zero-order valence-corrected chi connectivity index (χ0v) is 8.32. The highest BCUT2D eigenvalue weighted by molar-refractivity contribution is 7.92. The van der Waals surface area contributed by atoms with Crippen molar-refractivity contribution >= 4 is 9.84 Å². The molecule has 0 aliphatic carbocycles. The Labute approximate surface area is 73.8 Å². The highest BCUT2D eigenvalue weighted by Gasteiger charge is 2.18. The normalized spacial score (nSPS) is 18.4. The second-order valence-electron chi connectivity index (χ2n) is 3.35. The molecule has 1 aliphatic rings. The van der Waals surface area contributed by atoms with Crippen LogP contribution in [0.5, 0.6) is 0 Å². The van der Waals surface area contributed by atoms with Crippen LogP contribution in [-0.2, 0) is 9.84 Å². The Balaban J connectivity index is 2.61. The number of hydrogen-bond donors (Lipinski definition) is 1. The topological polar surface area (TPSA) is 46.2 Å². The van der Waals surface area contributed by atoms with Gasteiger partial charge in [0, 0.05) is 13.1 Å². The van der Waals surface area contributed by atoms with Gasteiger partial charge in [0.1, 0.15) is 0 Å². The fourth-order valence-corrected chi connectivity index (χ4v) is 2.13. The van der Waals surface area contributed by atoms with Crippen molar-refractivity contribution in [1.82, 2.24) is 5.32 Å². The van der Waals surface area contributed by atoms with Crippen molar-refractivity contribution in [2.45, 2.75) is 19.1 Å². The van der Waals surface area contributed by atoms with Crippen molar-refractivity contribution in [3.8, 4) is 0 Å². The molecule has 0 saturated heterocycles. The van der Waals surface area contributed by atoms with E-state index in [4.69, 9.17) is 0 Å². The number of sulfone groups is 1. The van der Waals surface area contributed by atoms with E-state index < -0.39 is 9.84 Å². The van der Waals surface area contributed by atoms with E-state index in [1.165, 1.54) is 0 Å². The summed E-state index contributed by atoms with van der Waals surface area (Å²) in [6.07, 6.45) is 1.96. The van der Waals surface area contributed by atoms with Crippen molar-refractivity contribution < 1.29 is 8.42 Å². The molecule has 0 aromatic heterocycles. The molecule has 0 aromatic rings. The summed E-state index contributed by atoms with van der Waals surface area (Å²) in [6.45, 7) is 4.98. The predicted molar refractivity (Wildman–Crippen MR) is 49.9 cm³/mol. The van der Waals surface area contributed by atoms with Crippen molar-refractivity contribution in [3.63, 3.8) is 0 Å². The summed E-state index contributed by atoms with van der Waals surface area (Å²) in [5, 5.41) is 2.81. The maximum atomic E-state index is 11.4. The third-order valence-corrected chi connectivity index (χ3v) is 4.20. The Kier molecular flexibility index (Phi) is 2.90. The quantitative estimate of drug-likeness (QED) is 0.651. The first-order chi connectivity index (χ1) is 5.52. The highest BCUT2D eigenvalue weighted by Crippen LogP contribution is 2.08. The largest absolute Gasteiger partial charge is 0.310 e. The van der Waals surface area contributed by atoms with Crippen LogP contribution >= 0.6 is 0 Å². The van der Waals surface area contributed by atoms with Gasteiger partial charge in [0.15, 0.2) is 9.84 Å². The van der Waals surface area contributed by atoms with E-state index in [9.17, 15) is 8.42 Å². The Hall–Kier alpha value is -0.350. The van der Waals surface area contributed by atoms with Gasteiger partial charge in [0.25, 0.3) is 0 Å². The van der Waals surface area contributed by atoms with Gasteiger partial charge < -0.3 is 5.32 Å². The summed E-state index contributed by atoms with van der Waals surface area (Å²) in [7, 11) is -2.89. The summed E-state index contributed by atoms with van der Waals surface area (Å²) in [4.78, 5) is 0. The number of hydrogen-bond acceptors (Lipinski definition) is 3. The van der Waals surface area contributed by atoms with E-state index >= 15 is 0 Å². The number of nitrogens with one attached hydrogen (secondary N) is 1. The van der Waals surface area contributed by atoms with Gasteiger partial charge in [0.05, 0.1) is 11.0 Å². The molecule has 0 unspecified atom stereocenters. The van der Waals surface area contributed by atoms with E-state index in [-0.39, 0.29) is 11.0 Å². The van der Waals surface area contributed by atoms with Crippen LogP contribution in [0.4, 0.5) is 0 Å². The summed E-state index contributed by atoms with van der Waals surface area (Å²) in [5.41, 5.74) is 1.00. The van der Waals surface area contributed by atoms with E-state index in [1.54, 1.807) is 13.8 Å². The van der Waals surface area contributed by atoms with Crippen molar-refractivity contribution in [2.24, 2.45) is 0 Å². The standard InChI is InChI=1S/C8H15NO2S/c1-7(2)12(10,11)6-8-3-4-9-5-8/h3,7,9H,4-6H2,1-2H3.